The van der Waals surface area contributed by atoms with Gasteiger partial charge in [-0.1, -0.05) is 12.1 Å². The van der Waals surface area contributed by atoms with Crippen molar-refractivity contribution >= 4 is 34.4 Å². The molecule has 1 aliphatic rings. The molecule has 1 aromatic heterocycles. The van der Waals surface area contributed by atoms with Gasteiger partial charge in [0.05, 0.1) is 17.4 Å². The maximum Gasteiger partial charge on any atom is 0.231 e. The number of nitrogens with one attached hydrogen (secondary N) is 2. The maximum absolute atomic E-state index is 11.1. The number of amides is 1. The number of aryl methyl sites for hydroxylation is 1. The van der Waals surface area contributed by atoms with Crippen LogP contribution in [0.2, 0.25) is 0 Å². The lowest BCUT2D eigenvalue weighted by Crippen LogP contribution is -2.05. The molecule has 4 rings (SSSR count). The first kappa shape index (κ1) is 16.8. The van der Waals surface area contributed by atoms with Gasteiger partial charge < -0.3 is 14.8 Å². The Kier molecular flexibility index (Phi) is 4.33. The summed E-state index contributed by atoms with van der Waals surface area (Å²) in [7, 11) is 0. The van der Waals surface area contributed by atoms with Crippen LogP contribution >= 0.6 is 0 Å². The van der Waals surface area contributed by atoms with Crippen LogP contribution in [0.4, 0.5) is 11.4 Å². The minimum Gasteiger partial charge on any atom is -0.454 e. The number of ether oxygens (including phenoxy) is 2. The number of pyridine rings is 1. The summed E-state index contributed by atoms with van der Waals surface area (Å²) in [6.07, 6.45) is 1.71. The highest BCUT2D eigenvalue weighted by Crippen LogP contribution is 2.38. The third-order valence-corrected chi connectivity index (χ3v) is 4.06. The summed E-state index contributed by atoms with van der Waals surface area (Å²) in [5.41, 5.74) is 7.26. The number of fused-ring (bicyclic) bond motifs is 2. The molecular weight excluding hydrogens is 344 g/mol. The van der Waals surface area contributed by atoms with Crippen LogP contribution in [0, 0.1) is 6.92 Å². The first-order valence-electron chi connectivity index (χ1n) is 8.46. The second-order valence-corrected chi connectivity index (χ2v) is 6.21. The van der Waals surface area contributed by atoms with Gasteiger partial charge in [0.25, 0.3) is 0 Å². The SMILES string of the molecule is CC(=O)Nc1ccc(/C=N/Nc2cc(C)nc3cc4c(cc23)OCO4)cc1. The number of hydrogen-bond acceptors (Lipinski definition) is 6. The van der Waals surface area contributed by atoms with E-state index in [0.717, 1.165) is 33.5 Å². The molecule has 0 fully saturated rings. The van der Waals surface area contributed by atoms with E-state index in [1.54, 1.807) is 6.21 Å². The lowest BCUT2D eigenvalue weighted by Gasteiger charge is -2.08. The number of hydrogen-bond donors (Lipinski definition) is 2. The molecular formula is C20H18N4O3. The molecule has 0 bridgehead atoms. The van der Waals surface area contributed by atoms with Gasteiger partial charge in [-0.05, 0) is 36.8 Å². The zero-order chi connectivity index (χ0) is 18.8. The smallest absolute Gasteiger partial charge is 0.231 e. The quantitative estimate of drug-likeness (QED) is 0.546. The van der Waals surface area contributed by atoms with Crippen LogP contribution in [-0.4, -0.2) is 23.9 Å². The van der Waals surface area contributed by atoms with Gasteiger partial charge in [-0.15, -0.1) is 0 Å². The molecule has 0 saturated heterocycles. The van der Waals surface area contributed by atoms with Crippen molar-refractivity contribution in [2.24, 2.45) is 5.10 Å². The van der Waals surface area contributed by atoms with Gasteiger partial charge in [-0.2, -0.15) is 5.10 Å². The van der Waals surface area contributed by atoms with Gasteiger partial charge in [0.15, 0.2) is 11.5 Å². The molecule has 7 heteroatoms. The maximum atomic E-state index is 11.1. The molecule has 1 amide bonds. The van der Waals surface area contributed by atoms with Crippen molar-refractivity contribution in [3.63, 3.8) is 0 Å². The van der Waals surface area contributed by atoms with E-state index in [0.29, 0.717) is 11.5 Å². The van der Waals surface area contributed by atoms with E-state index in [1.807, 2.05) is 49.4 Å². The third-order valence-electron chi connectivity index (χ3n) is 4.06. The van der Waals surface area contributed by atoms with Gasteiger partial charge in [-0.25, -0.2) is 0 Å². The molecule has 27 heavy (non-hydrogen) atoms. The fourth-order valence-electron chi connectivity index (χ4n) is 2.87. The van der Waals surface area contributed by atoms with E-state index >= 15 is 0 Å². The van der Waals surface area contributed by atoms with Crippen LogP contribution in [0.1, 0.15) is 18.2 Å². The van der Waals surface area contributed by atoms with Crippen LogP contribution in [0.25, 0.3) is 10.9 Å². The summed E-state index contributed by atoms with van der Waals surface area (Å²) >= 11 is 0. The molecule has 136 valence electrons. The Labute approximate surface area is 156 Å². The highest BCUT2D eigenvalue weighted by Gasteiger charge is 2.16. The van der Waals surface area contributed by atoms with Crippen LogP contribution < -0.4 is 20.2 Å². The van der Waals surface area contributed by atoms with E-state index in [-0.39, 0.29) is 12.7 Å². The second-order valence-electron chi connectivity index (χ2n) is 6.21. The Morgan fingerprint density at radius 3 is 2.63 bits per heavy atom. The van der Waals surface area contributed by atoms with E-state index in [2.05, 4.69) is 20.8 Å². The fourth-order valence-corrected chi connectivity index (χ4v) is 2.87. The molecule has 3 aromatic rings. The van der Waals surface area contributed by atoms with Gasteiger partial charge in [0, 0.05) is 29.8 Å². The number of nitrogens with zero attached hydrogens (tertiary/aromatic N) is 2. The number of rotatable bonds is 4. The lowest BCUT2D eigenvalue weighted by molar-refractivity contribution is -0.114. The fraction of sp³-hybridized carbons (Fsp3) is 0.150. The zero-order valence-electron chi connectivity index (χ0n) is 14.9. The Balaban J connectivity index is 1.56. The topological polar surface area (TPSA) is 84.8 Å². The molecule has 0 aliphatic carbocycles. The Hall–Kier alpha value is -3.61. The highest BCUT2D eigenvalue weighted by molar-refractivity contribution is 5.94. The second kappa shape index (κ2) is 6.95. The number of benzene rings is 2. The first-order chi connectivity index (χ1) is 13.1. The van der Waals surface area contributed by atoms with Crippen molar-refractivity contribution in [1.29, 1.82) is 0 Å². The monoisotopic (exact) mass is 362 g/mol. The van der Waals surface area contributed by atoms with E-state index in [4.69, 9.17) is 9.47 Å². The molecule has 2 N–H and O–H groups in total. The number of hydrazone groups is 1. The summed E-state index contributed by atoms with van der Waals surface area (Å²) in [4.78, 5) is 15.6. The van der Waals surface area contributed by atoms with Crippen molar-refractivity contribution in [2.45, 2.75) is 13.8 Å². The number of anilines is 2. The van der Waals surface area contributed by atoms with Gasteiger partial charge in [0.2, 0.25) is 12.7 Å². The van der Waals surface area contributed by atoms with E-state index in [1.165, 1.54) is 6.92 Å². The third kappa shape index (κ3) is 3.67. The van der Waals surface area contributed by atoms with Gasteiger partial charge in [-0.3, -0.25) is 15.2 Å². The van der Waals surface area contributed by atoms with Crippen molar-refractivity contribution in [2.75, 3.05) is 17.5 Å². The Bertz CT molecular complexity index is 1050. The number of carbonyl (C=O) groups is 1. The van der Waals surface area contributed by atoms with Crippen LogP contribution in [0.3, 0.4) is 0 Å². The number of aromatic nitrogens is 1. The van der Waals surface area contributed by atoms with E-state index in [9.17, 15) is 4.79 Å². The Morgan fingerprint density at radius 2 is 1.89 bits per heavy atom. The molecule has 7 nitrogen and oxygen atoms in total. The van der Waals surface area contributed by atoms with Gasteiger partial charge >= 0.3 is 0 Å². The normalized spacial score (nSPS) is 12.5. The van der Waals surface area contributed by atoms with Crippen molar-refractivity contribution in [3.05, 3.63) is 53.7 Å². The summed E-state index contributed by atoms with van der Waals surface area (Å²) in [6, 6.07) is 13.1. The molecule has 0 radical (unpaired) electrons. The van der Waals surface area contributed by atoms with Crippen molar-refractivity contribution in [1.82, 2.24) is 4.98 Å². The van der Waals surface area contributed by atoms with Crippen LogP contribution in [-0.2, 0) is 4.79 Å². The number of carbonyl (C=O) groups excluding carboxylic acids is 1. The molecule has 2 heterocycles. The molecule has 2 aromatic carbocycles. The molecule has 0 saturated carbocycles. The first-order valence-corrected chi connectivity index (χ1v) is 8.46. The summed E-state index contributed by atoms with van der Waals surface area (Å²) in [6.45, 7) is 3.63. The molecule has 0 spiro atoms. The van der Waals surface area contributed by atoms with E-state index < -0.39 is 0 Å². The molecule has 0 atom stereocenters. The van der Waals surface area contributed by atoms with Gasteiger partial charge in [0.1, 0.15) is 0 Å². The average Bonchev–Trinajstić information content (AvgIpc) is 3.08. The lowest BCUT2D eigenvalue weighted by atomic mass is 10.1. The minimum absolute atomic E-state index is 0.0983. The van der Waals surface area contributed by atoms with Crippen molar-refractivity contribution < 1.29 is 14.3 Å². The highest BCUT2D eigenvalue weighted by atomic mass is 16.7. The van der Waals surface area contributed by atoms with Crippen LogP contribution in [0.5, 0.6) is 11.5 Å². The van der Waals surface area contributed by atoms with Crippen molar-refractivity contribution in [3.8, 4) is 11.5 Å². The molecule has 1 aliphatic heterocycles. The largest absolute Gasteiger partial charge is 0.454 e. The predicted octanol–water partition coefficient (Wildman–Crippen LogP) is 3.68. The average molecular weight is 362 g/mol. The minimum atomic E-state index is -0.0983. The zero-order valence-corrected chi connectivity index (χ0v) is 14.9. The van der Waals surface area contributed by atoms with Crippen LogP contribution in [0.15, 0.2) is 47.6 Å². The molecule has 0 unspecified atom stereocenters. The summed E-state index contributed by atoms with van der Waals surface area (Å²) in [5.74, 6) is 1.31. The summed E-state index contributed by atoms with van der Waals surface area (Å²) < 4.78 is 10.9. The predicted molar refractivity (Wildman–Crippen MR) is 105 cm³/mol. The Morgan fingerprint density at radius 1 is 1.15 bits per heavy atom. The standard InChI is InChI=1S/C20H18N4O3/c1-12-7-18(16-8-19-20(27-11-26-19)9-17(16)22-12)24-21-10-14-3-5-15(6-4-14)23-13(2)25/h3-10H,11H2,1-2H3,(H,22,24)(H,23,25)/b21-10+. The summed E-state index contributed by atoms with van der Waals surface area (Å²) in [5, 5.41) is 7.96.